The number of hydrogen-bond acceptors (Lipinski definition) is 5. The lowest BCUT2D eigenvalue weighted by atomic mass is 10.2. The Kier molecular flexibility index (Phi) is 7.67. The highest BCUT2D eigenvalue weighted by atomic mass is 32.2. The average molecular weight is 343 g/mol. The third kappa shape index (κ3) is 6.35. The molecule has 8 heteroatoms. The zero-order chi connectivity index (χ0) is 17.3. The van der Waals surface area contributed by atoms with Crippen LogP contribution in [0.15, 0.2) is 23.2 Å². The van der Waals surface area contributed by atoms with Crippen LogP contribution in [0.5, 0.6) is 11.5 Å². The topological polar surface area (TPSA) is 89.0 Å². The van der Waals surface area contributed by atoms with Crippen molar-refractivity contribution in [2.24, 2.45) is 4.99 Å². The number of aliphatic imine (C=N–C) groups is 1. The number of sulfone groups is 1. The van der Waals surface area contributed by atoms with E-state index in [9.17, 15) is 8.42 Å². The van der Waals surface area contributed by atoms with Crippen LogP contribution >= 0.6 is 0 Å². The van der Waals surface area contributed by atoms with Gasteiger partial charge in [0.15, 0.2) is 27.3 Å². The lowest BCUT2D eigenvalue weighted by molar-refractivity contribution is 0.354. The number of methoxy groups -OCH3 is 2. The zero-order valence-corrected chi connectivity index (χ0v) is 14.9. The van der Waals surface area contributed by atoms with Crippen LogP contribution in [-0.4, -0.2) is 53.7 Å². The van der Waals surface area contributed by atoms with Gasteiger partial charge in [-0.2, -0.15) is 0 Å². The van der Waals surface area contributed by atoms with E-state index in [0.29, 0.717) is 30.5 Å². The molecule has 130 valence electrons. The Labute approximate surface area is 138 Å². The predicted octanol–water partition coefficient (Wildman–Crippen LogP) is 0.804. The summed E-state index contributed by atoms with van der Waals surface area (Å²) in [6, 6.07) is 5.63. The lowest BCUT2D eigenvalue weighted by Gasteiger charge is -2.13. The number of ether oxygens (including phenoxy) is 2. The molecular weight excluding hydrogens is 318 g/mol. The predicted molar refractivity (Wildman–Crippen MR) is 92.1 cm³/mol. The van der Waals surface area contributed by atoms with E-state index in [1.165, 1.54) is 0 Å². The highest BCUT2D eigenvalue weighted by Crippen LogP contribution is 2.27. The van der Waals surface area contributed by atoms with E-state index in [2.05, 4.69) is 15.6 Å². The first-order valence-corrected chi connectivity index (χ1v) is 9.13. The van der Waals surface area contributed by atoms with E-state index in [1.54, 1.807) is 28.2 Å². The molecule has 0 heterocycles. The molecule has 0 bridgehead atoms. The summed E-state index contributed by atoms with van der Waals surface area (Å²) in [6.07, 6.45) is 0. The molecule has 0 saturated carbocycles. The van der Waals surface area contributed by atoms with Gasteiger partial charge >= 0.3 is 0 Å². The third-order valence-corrected chi connectivity index (χ3v) is 4.98. The minimum Gasteiger partial charge on any atom is -0.493 e. The highest BCUT2D eigenvalue weighted by Gasteiger charge is 2.08. The van der Waals surface area contributed by atoms with Crippen molar-refractivity contribution in [1.82, 2.24) is 10.6 Å². The smallest absolute Gasteiger partial charge is 0.191 e. The summed E-state index contributed by atoms with van der Waals surface area (Å²) in [5.74, 6) is 2.10. The van der Waals surface area contributed by atoms with Crippen molar-refractivity contribution in [3.63, 3.8) is 0 Å². The molecule has 0 aliphatic heterocycles. The fourth-order valence-corrected chi connectivity index (χ4v) is 2.57. The number of benzene rings is 1. The van der Waals surface area contributed by atoms with Crippen molar-refractivity contribution < 1.29 is 17.9 Å². The molecule has 0 unspecified atom stereocenters. The van der Waals surface area contributed by atoms with Crippen molar-refractivity contribution in [3.05, 3.63) is 23.8 Å². The molecule has 0 aromatic heterocycles. The van der Waals surface area contributed by atoms with Crippen LogP contribution in [0.25, 0.3) is 0 Å². The van der Waals surface area contributed by atoms with Crippen LogP contribution < -0.4 is 20.1 Å². The first kappa shape index (κ1) is 19.1. The lowest BCUT2D eigenvalue weighted by Crippen LogP contribution is -2.39. The van der Waals surface area contributed by atoms with Gasteiger partial charge in [-0.15, -0.1) is 0 Å². The summed E-state index contributed by atoms with van der Waals surface area (Å²) >= 11 is 0. The monoisotopic (exact) mass is 343 g/mol. The van der Waals surface area contributed by atoms with Gasteiger partial charge < -0.3 is 20.1 Å². The van der Waals surface area contributed by atoms with Gasteiger partial charge in [-0.3, -0.25) is 4.99 Å². The quantitative estimate of drug-likeness (QED) is 0.536. The molecule has 0 fully saturated rings. The van der Waals surface area contributed by atoms with Gasteiger partial charge in [-0.25, -0.2) is 8.42 Å². The second-order valence-electron chi connectivity index (χ2n) is 4.78. The molecule has 0 amide bonds. The van der Waals surface area contributed by atoms with Crippen molar-refractivity contribution in [2.75, 3.05) is 39.3 Å². The molecule has 2 N–H and O–H groups in total. The fraction of sp³-hybridized carbons (Fsp3) is 0.533. The molecular formula is C15H25N3O4S. The van der Waals surface area contributed by atoms with Crippen LogP contribution in [0, 0.1) is 0 Å². The Balaban J connectivity index is 2.55. The normalized spacial score (nSPS) is 11.9. The summed E-state index contributed by atoms with van der Waals surface area (Å²) in [6.45, 7) is 2.49. The number of nitrogens with one attached hydrogen (secondary N) is 2. The van der Waals surface area contributed by atoms with Gasteiger partial charge in [0.25, 0.3) is 0 Å². The van der Waals surface area contributed by atoms with E-state index in [1.807, 2.05) is 18.2 Å². The van der Waals surface area contributed by atoms with E-state index >= 15 is 0 Å². The number of guanidine groups is 1. The van der Waals surface area contributed by atoms with Crippen molar-refractivity contribution >= 4 is 15.8 Å². The molecule has 0 saturated heterocycles. The standard InChI is InChI=1S/C15H25N3O4S/c1-5-23(19,20)9-8-17-15(16-2)18-11-12-6-7-13(21-3)14(10-12)22-4/h6-7,10H,5,8-9,11H2,1-4H3,(H2,16,17,18). The van der Waals surface area contributed by atoms with Gasteiger partial charge in [0.05, 0.1) is 20.0 Å². The summed E-state index contributed by atoms with van der Waals surface area (Å²) < 4.78 is 33.4. The van der Waals surface area contributed by atoms with Gasteiger partial charge in [0.1, 0.15) is 0 Å². The van der Waals surface area contributed by atoms with Crippen LogP contribution in [0.2, 0.25) is 0 Å². The number of nitrogens with zero attached hydrogens (tertiary/aromatic N) is 1. The van der Waals surface area contributed by atoms with Gasteiger partial charge in [0, 0.05) is 25.9 Å². The van der Waals surface area contributed by atoms with Crippen LogP contribution in [0.3, 0.4) is 0 Å². The van der Waals surface area contributed by atoms with Crippen molar-refractivity contribution in [1.29, 1.82) is 0 Å². The maximum absolute atomic E-state index is 11.5. The Hall–Kier alpha value is -1.96. The van der Waals surface area contributed by atoms with Crippen molar-refractivity contribution in [2.45, 2.75) is 13.5 Å². The third-order valence-electron chi connectivity index (χ3n) is 3.28. The van der Waals surface area contributed by atoms with Crippen LogP contribution in [0.4, 0.5) is 0 Å². The summed E-state index contributed by atoms with van der Waals surface area (Å²) in [5.41, 5.74) is 0.992. The largest absolute Gasteiger partial charge is 0.493 e. The first-order valence-electron chi connectivity index (χ1n) is 7.31. The van der Waals surface area contributed by atoms with Gasteiger partial charge in [0.2, 0.25) is 0 Å². The Morgan fingerprint density at radius 2 is 1.87 bits per heavy atom. The van der Waals surface area contributed by atoms with E-state index in [4.69, 9.17) is 9.47 Å². The van der Waals surface area contributed by atoms with E-state index < -0.39 is 9.84 Å². The van der Waals surface area contributed by atoms with E-state index in [0.717, 1.165) is 5.56 Å². The average Bonchev–Trinajstić information content (AvgIpc) is 2.57. The molecule has 23 heavy (non-hydrogen) atoms. The summed E-state index contributed by atoms with van der Waals surface area (Å²) in [5, 5.41) is 6.11. The van der Waals surface area contributed by atoms with Gasteiger partial charge in [-0.1, -0.05) is 13.0 Å². The zero-order valence-electron chi connectivity index (χ0n) is 14.0. The number of hydrogen-bond donors (Lipinski definition) is 2. The molecule has 0 atom stereocenters. The van der Waals surface area contributed by atoms with Crippen LogP contribution in [-0.2, 0) is 16.4 Å². The molecule has 0 spiro atoms. The Morgan fingerprint density at radius 3 is 2.43 bits per heavy atom. The summed E-state index contributed by atoms with van der Waals surface area (Å²) in [4.78, 5) is 4.07. The first-order chi connectivity index (χ1) is 11.0. The molecule has 1 rings (SSSR count). The molecule has 7 nitrogen and oxygen atoms in total. The highest BCUT2D eigenvalue weighted by molar-refractivity contribution is 7.91. The minimum absolute atomic E-state index is 0.0839. The minimum atomic E-state index is -2.98. The van der Waals surface area contributed by atoms with E-state index in [-0.39, 0.29) is 11.5 Å². The molecule has 0 radical (unpaired) electrons. The molecule has 1 aromatic carbocycles. The molecule has 0 aliphatic rings. The summed E-state index contributed by atoms with van der Waals surface area (Å²) in [7, 11) is 1.83. The Morgan fingerprint density at radius 1 is 1.17 bits per heavy atom. The van der Waals surface area contributed by atoms with Crippen LogP contribution in [0.1, 0.15) is 12.5 Å². The second-order valence-corrected chi connectivity index (χ2v) is 7.25. The second kappa shape index (κ2) is 9.24. The van der Waals surface area contributed by atoms with Crippen molar-refractivity contribution in [3.8, 4) is 11.5 Å². The molecule has 0 aliphatic carbocycles. The molecule has 1 aromatic rings. The Bertz CT molecular complexity index is 630. The maximum Gasteiger partial charge on any atom is 0.191 e. The maximum atomic E-state index is 11.5. The number of rotatable bonds is 8. The van der Waals surface area contributed by atoms with Gasteiger partial charge in [-0.05, 0) is 17.7 Å². The fourth-order valence-electron chi connectivity index (χ4n) is 1.87. The SMILES string of the molecule is CCS(=O)(=O)CCNC(=NC)NCc1ccc(OC)c(OC)c1.